The van der Waals surface area contributed by atoms with Gasteiger partial charge in [0.05, 0.1) is 27.4 Å². The third-order valence-corrected chi connectivity index (χ3v) is 7.33. The molecule has 0 N–H and O–H groups in total. The van der Waals surface area contributed by atoms with Gasteiger partial charge in [-0.05, 0) is 24.3 Å². The van der Waals surface area contributed by atoms with Crippen LogP contribution in [0.4, 0.5) is 23.4 Å². The lowest BCUT2D eigenvalue weighted by atomic mass is 10.1. The van der Waals surface area contributed by atoms with Gasteiger partial charge in [0.2, 0.25) is 0 Å². The number of aromatic nitrogens is 2. The van der Waals surface area contributed by atoms with E-state index in [0.29, 0.717) is 11.0 Å². The molecule has 166 valence electrons. The highest BCUT2D eigenvalue weighted by molar-refractivity contribution is 7.90. The Bertz CT molecular complexity index is 1250. The normalized spacial score (nSPS) is 19.3. The summed E-state index contributed by atoms with van der Waals surface area (Å²) < 4.78 is 82.4. The van der Waals surface area contributed by atoms with Crippen molar-refractivity contribution in [3.05, 3.63) is 53.1 Å². The number of anilines is 1. The minimum absolute atomic E-state index is 0.0232. The van der Waals surface area contributed by atoms with Crippen LogP contribution in [-0.4, -0.2) is 36.6 Å². The van der Waals surface area contributed by atoms with Gasteiger partial charge < -0.3 is 4.90 Å². The number of rotatable bonds is 4. The molecule has 1 aliphatic rings. The number of nitrogens with zero attached hydrogens (tertiary/aromatic N) is 3. The third-order valence-electron chi connectivity index (χ3n) is 5.41. The molecule has 2 heterocycles. The number of hydrogen-bond donors (Lipinski definition) is 0. The molecule has 0 saturated carbocycles. The van der Waals surface area contributed by atoms with Crippen LogP contribution in [-0.2, 0) is 15.9 Å². The Hall–Kier alpha value is -2.33. The largest absolute Gasteiger partial charge is 0.348 e. The first-order chi connectivity index (χ1) is 14.3. The van der Waals surface area contributed by atoms with E-state index in [1.54, 1.807) is 0 Å². The molecule has 1 atom stereocenters. The highest BCUT2D eigenvalue weighted by Gasteiger charge is 2.46. The van der Waals surface area contributed by atoms with Gasteiger partial charge in [0.25, 0.3) is 21.9 Å². The SMILES string of the molecule is C[C@@H]1CN(c2nn(S(=O)(=O)c3ccc(C(C)(F)F)cc3)c3cccc(Cl)c23)CC1(F)F. The molecule has 1 saturated heterocycles. The molecule has 0 aliphatic carbocycles. The van der Waals surface area contributed by atoms with Crippen molar-refractivity contribution in [2.45, 2.75) is 30.6 Å². The van der Waals surface area contributed by atoms with Gasteiger partial charge in [0.15, 0.2) is 5.82 Å². The lowest BCUT2D eigenvalue weighted by Gasteiger charge is -2.15. The molecule has 5 nitrogen and oxygen atoms in total. The average molecular weight is 476 g/mol. The van der Waals surface area contributed by atoms with E-state index >= 15 is 0 Å². The number of benzene rings is 2. The number of halogens is 5. The van der Waals surface area contributed by atoms with Gasteiger partial charge in [-0.2, -0.15) is 12.5 Å². The van der Waals surface area contributed by atoms with Crippen LogP contribution in [0, 0.1) is 5.92 Å². The Morgan fingerprint density at radius 2 is 1.81 bits per heavy atom. The Balaban J connectivity index is 1.86. The molecule has 0 radical (unpaired) electrons. The number of alkyl halides is 4. The molecule has 0 amide bonds. The van der Waals surface area contributed by atoms with Crippen molar-refractivity contribution < 1.29 is 26.0 Å². The molecule has 0 unspecified atom stereocenters. The van der Waals surface area contributed by atoms with E-state index in [0.717, 1.165) is 24.3 Å². The van der Waals surface area contributed by atoms with E-state index in [9.17, 15) is 26.0 Å². The Morgan fingerprint density at radius 3 is 2.35 bits per heavy atom. The molecule has 1 aromatic heterocycles. The second-order valence-electron chi connectivity index (χ2n) is 7.76. The monoisotopic (exact) mass is 475 g/mol. The Labute approximate surface area is 181 Å². The second kappa shape index (κ2) is 7.09. The minimum Gasteiger partial charge on any atom is -0.348 e. The molecular weight excluding hydrogens is 458 g/mol. The molecule has 4 rings (SSSR count). The van der Waals surface area contributed by atoms with E-state index in [1.165, 1.54) is 30.0 Å². The fourth-order valence-corrected chi connectivity index (χ4v) is 5.14. The summed E-state index contributed by atoms with van der Waals surface area (Å²) in [5.41, 5.74) is -0.232. The van der Waals surface area contributed by atoms with Gasteiger partial charge in [-0.15, -0.1) is 5.10 Å². The highest BCUT2D eigenvalue weighted by Crippen LogP contribution is 2.40. The summed E-state index contributed by atoms with van der Waals surface area (Å²) in [5.74, 6) is -7.00. The van der Waals surface area contributed by atoms with Crippen molar-refractivity contribution in [1.82, 2.24) is 9.19 Å². The zero-order valence-corrected chi connectivity index (χ0v) is 18.1. The quantitative estimate of drug-likeness (QED) is 0.491. The lowest BCUT2D eigenvalue weighted by Crippen LogP contribution is -2.27. The van der Waals surface area contributed by atoms with Gasteiger partial charge in [-0.1, -0.05) is 36.7 Å². The molecule has 1 fully saturated rings. The first-order valence-electron chi connectivity index (χ1n) is 9.36. The van der Waals surface area contributed by atoms with Crippen LogP contribution in [0.15, 0.2) is 47.4 Å². The van der Waals surface area contributed by atoms with Crippen LogP contribution < -0.4 is 4.90 Å². The number of fused-ring (bicyclic) bond motifs is 1. The van der Waals surface area contributed by atoms with E-state index in [-0.39, 0.29) is 38.7 Å². The fraction of sp³-hybridized carbons (Fsp3) is 0.350. The van der Waals surface area contributed by atoms with Crippen molar-refractivity contribution in [3.8, 4) is 0 Å². The third kappa shape index (κ3) is 3.65. The predicted octanol–water partition coefficient (Wildman–Crippen LogP) is 5.13. The van der Waals surface area contributed by atoms with Crippen LogP contribution in [0.2, 0.25) is 5.02 Å². The predicted molar refractivity (Wildman–Crippen MR) is 110 cm³/mol. The number of hydrogen-bond acceptors (Lipinski definition) is 4. The summed E-state index contributed by atoms with van der Waals surface area (Å²) in [4.78, 5) is 1.04. The summed E-state index contributed by atoms with van der Waals surface area (Å²) in [5, 5.41) is 4.54. The van der Waals surface area contributed by atoms with E-state index in [2.05, 4.69) is 5.10 Å². The topological polar surface area (TPSA) is 55.2 Å². The summed E-state index contributed by atoms with van der Waals surface area (Å²) in [6.45, 7) is 1.47. The van der Waals surface area contributed by atoms with E-state index in [4.69, 9.17) is 11.6 Å². The molecule has 1 aliphatic heterocycles. The molecule has 0 spiro atoms. The maximum Gasteiger partial charge on any atom is 0.283 e. The summed E-state index contributed by atoms with van der Waals surface area (Å²) >= 11 is 6.28. The summed E-state index contributed by atoms with van der Waals surface area (Å²) in [6.07, 6.45) is 0. The molecule has 2 aromatic carbocycles. The van der Waals surface area contributed by atoms with Crippen LogP contribution in [0.1, 0.15) is 19.4 Å². The van der Waals surface area contributed by atoms with Crippen LogP contribution in [0.25, 0.3) is 10.9 Å². The van der Waals surface area contributed by atoms with Crippen molar-refractivity contribution in [1.29, 1.82) is 0 Å². The van der Waals surface area contributed by atoms with Crippen LogP contribution in [0.5, 0.6) is 0 Å². The van der Waals surface area contributed by atoms with E-state index in [1.807, 2.05) is 0 Å². The van der Waals surface area contributed by atoms with Crippen molar-refractivity contribution in [3.63, 3.8) is 0 Å². The zero-order valence-electron chi connectivity index (χ0n) is 16.5. The van der Waals surface area contributed by atoms with Gasteiger partial charge in [-0.3, -0.25) is 0 Å². The minimum atomic E-state index is -4.31. The lowest BCUT2D eigenvalue weighted by molar-refractivity contribution is -0.0138. The first-order valence-corrected chi connectivity index (χ1v) is 11.2. The Kier molecular flexibility index (Phi) is 5.01. The molecular formula is C20H18ClF4N3O2S. The average Bonchev–Trinajstić information content (AvgIpc) is 3.20. The summed E-state index contributed by atoms with van der Waals surface area (Å²) in [6, 6.07) is 8.66. The standard InChI is InChI=1S/C20H18ClF4N3O2S/c1-12-10-27(11-20(12,24)25)18-17-15(21)4-3-5-16(17)28(26-18)31(29,30)14-8-6-13(7-9-14)19(2,22)23/h3-9,12H,10-11H2,1-2H3/t12-/m1/s1. The zero-order chi connectivity index (χ0) is 22.8. The smallest absolute Gasteiger partial charge is 0.283 e. The van der Waals surface area contributed by atoms with Gasteiger partial charge in [0.1, 0.15) is 0 Å². The molecule has 0 bridgehead atoms. The molecule has 11 heteroatoms. The fourth-order valence-electron chi connectivity index (χ4n) is 3.61. The second-order valence-corrected chi connectivity index (χ2v) is 9.94. The highest BCUT2D eigenvalue weighted by atomic mass is 35.5. The molecule has 3 aromatic rings. The van der Waals surface area contributed by atoms with Crippen molar-refractivity contribution in [2.24, 2.45) is 5.92 Å². The van der Waals surface area contributed by atoms with Crippen LogP contribution >= 0.6 is 11.6 Å². The van der Waals surface area contributed by atoms with E-state index < -0.39 is 34.3 Å². The maximum atomic E-state index is 14.1. The van der Waals surface area contributed by atoms with Gasteiger partial charge >= 0.3 is 0 Å². The van der Waals surface area contributed by atoms with Crippen LogP contribution in [0.3, 0.4) is 0 Å². The Morgan fingerprint density at radius 1 is 1.16 bits per heavy atom. The first kappa shape index (κ1) is 21.9. The van der Waals surface area contributed by atoms with Crippen molar-refractivity contribution >= 4 is 38.3 Å². The van der Waals surface area contributed by atoms with Gasteiger partial charge in [0, 0.05) is 24.9 Å². The maximum absolute atomic E-state index is 14.1. The molecule has 31 heavy (non-hydrogen) atoms. The van der Waals surface area contributed by atoms with Gasteiger partial charge in [-0.25, -0.2) is 17.6 Å². The van der Waals surface area contributed by atoms with Crippen molar-refractivity contribution in [2.75, 3.05) is 18.0 Å². The summed E-state index contributed by atoms with van der Waals surface area (Å²) in [7, 11) is -4.31.